The summed E-state index contributed by atoms with van der Waals surface area (Å²) >= 11 is 6.09. The van der Waals surface area contributed by atoms with Crippen LogP contribution in [0.3, 0.4) is 0 Å². The number of benzene rings is 2. The van der Waals surface area contributed by atoms with Gasteiger partial charge in [0.05, 0.1) is 6.04 Å². The molecule has 0 saturated carbocycles. The smallest absolute Gasteiger partial charge is 0.0552 e. The molecule has 3 heteroatoms. The van der Waals surface area contributed by atoms with Gasteiger partial charge in [-0.25, -0.2) is 0 Å². The average molecular weight is 337 g/mol. The van der Waals surface area contributed by atoms with Gasteiger partial charge in [0, 0.05) is 46.5 Å². The third-order valence-corrected chi connectivity index (χ3v) is 6.38. The lowest BCUT2D eigenvalue weighted by molar-refractivity contribution is 0.292. The van der Waals surface area contributed by atoms with Crippen LogP contribution in [-0.4, -0.2) is 23.1 Å². The summed E-state index contributed by atoms with van der Waals surface area (Å²) < 4.78 is 2.57. The second-order valence-electron chi connectivity index (χ2n) is 7.34. The number of hydrogen-bond donors (Lipinski definition) is 0. The first-order valence-corrected chi connectivity index (χ1v) is 9.06. The molecule has 1 aromatic heterocycles. The van der Waals surface area contributed by atoms with Gasteiger partial charge in [0.1, 0.15) is 0 Å². The number of nitrogens with zero attached hydrogens (tertiary/aromatic N) is 2. The predicted molar refractivity (Wildman–Crippen MR) is 99.7 cm³/mol. The first-order chi connectivity index (χ1) is 11.6. The van der Waals surface area contributed by atoms with Crippen molar-refractivity contribution in [1.29, 1.82) is 0 Å². The van der Waals surface area contributed by atoms with E-state index in [1.165, 1.54) is 27.7 Å². The van der Waals surface area contributed by atoms with Crippen LogP contribution >= 0.6 is 11.6 Å². The molecule has 0 radical (unpaired) electrons. The summed E-state index contributed by atoms with van der Waals surface area (Å²) in [6.45, 7) is 4.53. The molecule has 2 aliphatic rings. The fraction of sp³-hybridized carbons (Fsp3) is 0.333. The van der Waals surface area contributed by atoms with Crippen molar-refractivity contribution in [3.05, 3.63) is 70.4 Å². The van der Waals surface area contributed by atoms with E-state index >= 15 is 0 Å². The van der Waals surface area contributed by atoms with Crippen LogP contribution in [0, 0.1) is 12.8 Å². The normalized spacial score (nSPS) is 26.0. The predicted octanol–water partition coefficient (Wildman–Crippen LogP) is 5.00. The van der Waals surface area contributed by atoms with Crippen LogP contribution in [0.15, 0.2) is 48.5 Å². The lowest BCUT2D eigenvalue weighted by Gasteiger charge is -2.19. The highest BCUT2D eigenvalue weighted by Crippen LogP contribution is 2.52. The number of rotatable bonds is 1. The number of likely N-dealkylation sites (N-methyl/N-ethyl adjacent to an activating group) is 1. The van der Waals surface area contributed by atoms with Crippen molar-refractivity contribution in [2.24, 2.45) is 5.92 Å². The Bertz CT molecular complexity index is 925. The van der Waals surface area contributed by atoms with E-state index in [0.29, 0.717) is 17.9 Å². The molecule has 3 unspecified atom stereocenters. The zero-order valence-corrected chi connectivity index (χ0v) is 14.8. The Morgan fingerprint density at radius 3 is 2.54 bits per heavy atom. The Balaban J connectivity index is 1.62. The fourth-order valence-electron chi connectivity index (χ4n) is 5.09. The molecule has 0 bridgehead atoms. The van der Waals surface area contributed by atoms with Crippen molar-refractivity contribution in [3.63, 3.8) is 0 Å². The molecule has 2 aromatic carbocycles. The number of aromatic nitrogens is 1. The number of likely N-dealkylation sites (tertiary alicyclic amines) is 1. The topological polar surface area (TPSA) is 8.17 Å². The van der Waals surface area contributed by atoms with E-state index in [4.69, 9.17) is 11.6 Å². The van der Waals surface area contributed by atoms with Crippen LogP contribution < -0.4 is 0 Å². The van der Waals surface area contributed by atoms with Gasteiger partial charge in [0.2, 0.25) is 0 Å². The molecule has 5 rings (SSSR count). The molecule has 122 valence electrons. The van der Waals surface area contributed by atoms with E-state index in [9.17, 15) is 0 Å². The van der Waals surface area contributed by atoms with Gasteiger partial charge in [-0.1, -0.05) is 41.9 Å². The maximum atomic E-state index is 6.09. The number of halogens is 1. The van der Waals surface area contributed by atoms with Gasteiger partial charge in [-0.3, -0.25) is 4.90 Å². The number of fused-ring (bicyclic) bond motifs is 5. The summed E-state index contributed by atoms with van der Waals surface area (Å²) in [4.78, 5) is 2.55. The Hall–Kier alpha value is -1.77. The zero-order chi connectivity index (χ0) is 16.4. The monoisotopic (exact) mass is 336 g/mol. The van der Waals surface area contributed by atoms with Crippen molar-refractivity contribution in [3.8, 4) is 0 Å². The molecule has 3 aromatic rings. The van der Waals surface area contributed by atoms with Gasteiger partial charge in [-0.2, -0.15) is 0 Å². The first kappa shape index (κ1) is 14.6. The molecule has 0 aliphatic carbocycles. The fourth-order valence-corrected chi connectivity index (χ4v) is 5.22. The van der Waals surface area contributed by atoms with Crippen LogP contribution in [0.4, 0.5) is 0 Å². The Labute approximate surface area is 147 Å². The lowest BCUT2D eigenvalue weighted by Crippen LogP contribution is -2.19. The van der Waals surface area contributed by atoms with Gasteiger partial charge in [-0.15, -0.1) is 0 Å². The zero-order valence-electron chi connectivity index (χ0n) is 14.0. The summed E-state index contributed by atoms with van der Waals surface area (Å²) in [7, 11) is 2.28. The molecular weight excluding hydrogens is 316 g/mol. The van der Waals surface area contributed by atoms with Crippen LogP contribution in [-0.2, 0) is 6.54 Å². The molecule has 3 heterocycles. The van der Waals surface area contributed by atoms with Gasteiger partial charge in [0.25, 0.3) is 0 Å². The second-order valence-corrected chi connectivity index (χ2v) is 7.78. The molecular formula is C21H21ClN2. The minimum absolute atomic E-state index is 0.526. The molecule has 2 aliphatic heterocycles. The summed E-state index contributed by atoms with van der Waals surface area (Å²) in [6.07, 6.45) is 0. The van der Waals surface area contributed by atoms with E-state index in [0.717, 1.165) is 18.1 Å². The molecule has 0 amide bonds. The standard InChI is InChI=1S/C21H21ClN2/c1-13-16-5-3-4-6-19(16)24-12-18-17(11-23(2)21(18)20(13)24)14-7-9-15(22)10-8-14/h3-10,17-18,21H,11-12H2,1-2H3. The maximum absolute atomic E-state index is 6.09. The Morgan fingerprint density at radius 1 is 1.00 bits per heavy atom. The molecule has 2 nitrogen and oxygen atoms in total. The highest BCUT2D eigenvalue weighted by molar-refractivity contribution is 6.30. The number of aryl methyl sites for hydroxylation is 1. The second kappa shape index (κ2) is 5.11. The average Bonchev–Trinajstić information content (AvgIpc) is 3.20. The Kier molecular flexibility index (Phi) is 3.10. The lowest BCUT2D eigenvalue weighted by atomic mass is 9.85. The third kappa shape index (κ3) is 1.87. The largest absolute Gasteiger partial charge is 0.342 e. The minimum atomic E-state index is 0.526. The van der Waals surface area contributed by atoms with E-state index < -0.39 is 0 Å². The number of para-hydroxylation sites is 1. The van der Waals surface area contributed by atoms with Crippen LogP contribution in [0.1, 0.15) is 28.8 Å². The van der Waals surface area contributed by atoms with Gasteiger partial charge in [0.15, 0.2) is 0 Å². The molecule has 1 saturated heterocycles. The van der Waals surface area contributed by atoms with E-state index in [1.807, 2.05) is 12.1 Å². The summed E-state index contributed by atoms with van der Waals surface area (Å²) in [5, 5.41) is 2.23. The number of hydrogen-bond acceptors (Lipinski definition) is 1. The molecule has 24 heavy (non-hydrogen) atoms. The van der Waals surface area contributed by atoms with E-state index in [-0.39, 0.29) is 0 Å². The van der Waals surface area contributed by atoms with Gasteiger partial charge >= 0.3 is 0 Å². The highest BCUT2D eigenvalue weighted by Gasteiger charge is 2.47. The van der Waals surface area contributed by atoms with Crippen molar-refractivity contribution < 1.29 is 0 Å². The van der Waals surface area contributed by atoms with E-state index in [2.05, 4.69) is 59.8 Å². The summed E-state index contributed by atoms with van der Waals surface area (Å²) in [6, 6.07) is 17.8. The van der Waals surface area contributed by atoms with Crippen molar-refractivity contribution in [2.45, 2.75) is 25.4 Å². The minimum Gasteiger partial charge on any atom is -0.342 e. The third-order valence-electron chi connectivity index (χ3n) is 6.13. The van der Waals surface area contributed by atoms with Crippen molar-refractivity contribution >= 4 is 22.5 Å². The van der Waals surface area contributed by atoms with Crippen molar-refractivity contribution in [2.75, 3.05) is 13.6 Å². The molecule has 0 spiro atoms. The van der Waals surface area contributed by atoms with Crippen LogP contribution in [0.5, 0.6) is 0 Å². The quantitative estimate of drug-likeness (QED) is 0.607. The van der Waals surface area contributed by atoms with E-state index in [1.54, 1.807) is 0 Å². The summed E-state index contributed by atoms with van der Waals surface area (Å²) in [5.74, 6) is 1.23. The Morgan fingerprint density at radius 2 is 1.75 bits per heavy atom. The maximum Gasteiger partial charge on any atom is 0.0552 e. The first-order valence-electron chi connectivity index (χ1n) is 8.68. The van der Waals surface area contributed by atoms with Crippen LogP contribution in [0.2, 0.25) is 5.02 Å². The SMILES string of the molecule is Cc1c2n(c3ccccc13)CC1C(c3ccc(Cl)cc3)CN(C)C21. The summed E-state index contributed by atoms with van der Waals surface area (Å²) in [5.41, 5.74) is 5.80. The molecule has 3 atom stereocenters. The molecule has 1 fully saturated rings. The van der Waals surface area contributed by atoms with Gasteiger partial charge < -0.3 is 4.57 Å². The van der Waals surface area contributed by atoms with Crippen molar-refractivity contribution in [1.82, 2.24) is 9.47 Å². The molecule has 0 N–H and O–H groups in total. The van der Waals surface area contributed by atoms with Crippen LogP contribution in [0.25, 0.3) is 10.9 Å². The van der Waals surface area contributed by atoms with Gasteiger partial charge in [-0.05, 0) is 43.3 Å². The highest BCUT2D eigenvalue weighted by atomic mass is 35.5.